The monoisotopic (exact) mass is 397 g/mol. The van der Waals surface area contributed by atoms with E-state index in [1.807, 2.05) is 42.5 Å². The van der Waals surface area contributed by atoms with Crippen molar-refractivity contribution in [1.82, 2.24) is 14.7 Å². The first-order chi connectivity index (χ1) is 13.2. The van der Waals surface area contributed by atoms with E-state index in [1.54, 1.807) is 18.4 Å². The molecule has 0 spiro atoms. The van der Waals surface area contributed by atoms with Crippen LogP contribution >= 0.6 is 22.9 Å². The average molecular weight is 398 g/mol. The lowest BCUT2D eigenvalue weighted by Crippen LogP contribution is -2.20. The molecule has 0 aliphatic heterocycles. The van der Waals surface area contributed by atoms with Gasteiger partial charge in [-0.15, -0.1) is 11.3 Å². The Hall–Kier alpha value is -2.34. The molecule has 1 N–H and O–H groups in total. The Morgan fingerprint density at radius 1 is 1.19 bits per heavy atom. The van der Waals surface area contributed by atoms with Crippen molar-refractivity contribution >= 4 is 27.9 Å². The predicted molar refractivity (Wildman–Crippen MR) is 112 cm³/mol. The first-order valence-corrected chi connectivity index (χ1v) is 10.00. The van der Waals surface area contributed by atoms with Gasteiger partial charge in [-0.1, -0.05) is 41.9 Å². The van der Waals surface area contributed by atoms with E-state index in [9.17, 15) is 0 Å². The number of ether oxygens (including phenoxy) is 1. The van der Waals surface area contributed by atoms with Crippen molar-refractivity contribution in [1.29, 1.82) is 0 Å². The number of aromatic nitrogens is 2. The molecule has 2 aromatic heterocycles. The summed E-state index contributed by atoms with van der Waals surface area (Å²) in [4.78, 5) is 5.82. The van der Waals surface area contributed by atoms with Crippen molar-refractivity contribution < 1.29 is 4.74 Å². The molecule has 2 heterocycles. The Labute approximate surface area is 167 Å². The normalized spacial score (nSPS) is 12.4. The van der Waals surface area contributed by atoms with E-state index < -0.39 is 0 Å². The molecule has 0 saturated carbocycles. The van der Waals surface area contributed by atoms with E-state index in [-0.39, 0.29) is 6.04 Å². The van der Waals surface area contributed by atoms with Gasteiger partial charge in [0.1, 0.15) is 5.75 Å². The molecule has 27 heavy (non-hydrogen) atoms. The summed E-state index contributed by atoms with van der Waals surface area (Å²) in [7, 11) is 1.70. The molecule has 6 heteroatoms. The molecule has 0 radical (unpaired) electrons. The van der Waals surface area contributed by atoms with Crippen LogP contribution in [0.4, 0.5) is 0 Å². The molecule has 1 atom stereocenters. The Bertz CT molecular complexity index is 1050. The summed E-state index contributed by atoms with van der Waals surface area (Å²) in [6, 6.07) is 16.1. The van der Waals surface area contributed by atoms with Crippen LogP contribution in [0.2, 0.25) is 5.02 Å². The summed E-state index contributed by atoms with van der Waals surface area (Å²) in [5, 5.41) is 6.40. The third kappa shape index (κ3) is 3.58. The van der Waals surface area contributed by atoms with E-state index >= 15 is 0 Å². The van der Waals surface area contributed by atoms with Gasteiger partial charge in [-0.3, -0.25) is 4.40 Å². The van der Waals surface area contributed by atoms with E-state index in [0.29, 0.717) is 6.54 Å². The van der Waals surface area contributed by atoms with E-state index in [4.69, 9.17) is 21.3 Å². The molecule has 0 fully saturated rings. The lowest BCUT2D eigenvalue weighted by molar-refractivity contribution is 0.401. The lowest BCUT2D eigenvalue weighted by Gasteiger charge is -2.17. The molecule has 4 nitrogen and oxygen atoms in total. The number of fused-ring (bicyclic) bond motifs is 1. The fourth-order valence-electron chi connectivity index (χ4n) is 3.22. The highest BCUT2D eigenvalue weighted by Gasteiger charge is 2.17. The second kappa shape index (κ2) is 7.72. The van der Waals surface area contributed by atoms with Crippen LogP contribution < -0.4 is 10.1 Å². The van der Waals surface area contributed by atoms with Crippen molar-refractivity contribution in [3.8, 4) is 17.0 Å². The van der Waals surface area contributed by atoms with Crippen LogP contribution in [0.1, 0.15) is 24.2 Å². The molecule has 138 valence electrons. The second-order valence-electron chi connectivity index (χ2n) is 6.31. The van der Waals surface area contributed by atoms with Gasteiger partial charge in [0.15, 0.2) is 4.96 Å². The standard InChI is InChI=1S/C21H20ClN3OS/c1-14(17-5-3-4-6-19(17)26-2)23-13-18-20(15-7-9-16(22)10-8-15)24-21-25(18)11-12-27-21/h3-12,14,23H,13H2,1-2H3/t14-/m1/s1. The summed E-state index contributed by atoms with van der Waals surface area (Å²) in [5.41, 5.74) is 4.32. The maximum atomic E-state index is 6.05. The number of thiazole rings is 1. The topological polar surface area (TPSA) is 38.6 Å². The van der Waals surface area contributed by atoms with Crippen molar-refractivity contribution in [2.45, 2.75) is 19.5 Å². The molecule has 0 bridgehead atoms. The molecule has 0 aliphatic rings. The van der Waals surface area contributed by atoms with Crippen LogP contribution in [-0.4, -0.2) is 16.5 Å². The highest BCUT2D eigenvalue weighted by Crippen LogP contribution is 2.29. The third-order valence-electron chi connectivity index (χ3n) is 4.66. The minimum Gasteiger partial charge on any atom is -0.496 e. The van der Waals surface area contributed by atoms with Crippen molar-refractivity contribution in [3.05, 3.63) is 76.4 Å². The minimum absolute atomic E-state index is 0.142. The van der Waals surface area contributed by atoms with Gasteiger partial charge in [-0.05, 0) is 25.1 Å². The molecular weight excluding hydrogens is 378 g/mol. The Balaban J connectivity index is 1.64. The number of halogens is 1. The Morgan fingerprint density at radius 3 is 2.74 bits per heavy atom. The highest BCUT2D eigenvalue weighted by atomic mass is 35.5. The fourth-order valence-corrected chi connectivity index (χ4v) is 4.08. The molecule has 4 rings (SSSR count). The first kappa shape index (κ1) is 18.0. The highest BCUT2D eigenvalue weighted by molar-refractivity contribution is 7.15. The van der Waals surface area contributed by atoms with Gasteiger partial charge in [0.05, 0.1) is 18.5 Å². The van der Waals surface area contributed by atoms with Gasteiger partial charge in [0.25, 0.3) is 0 Å². The smallest absolute Gasteiger partial charge is 0.194 e. The van der Waals surface area contributed by atoms with Gasteiger partial charge in [0.2, 0.25) is 0 Å². The van der Waals surface area contributed by atoms with Crippen molar-refractivity contribution in [2.24, 2.45) is 0 Å². The molecule has 0 unspecified atom stereocenters. The average Bonchev–Trinajstić information content (AvgIpc) is 3.28. The number of nitrogens with zero attached hydrogens (tertiary/aromatic N) is 2. The zero-order valence-corrected chi connectivity index (χ0v) is 16.7. The number of rotatable bonds is 6. The van der Waals surface area contributed by atoms with Gasteiger partial charge in [-0.25, -0.2) is 4.98 Å². The number of methoxy groups -OCH3 is 1. The summed E-state index contributed by atoms with van der Waals surface area (Å²) in [5.74, 6) is 0.893. The van der Waals surface area contributed by atoms with Crippen molar-refractivity contribution in [2.75, 3.05) is 7.11 Å². The predicted octanol–water partition coefficient (Wildman–Crippen LogP) is 5.58. The first-order valence-electron chi connectivity index (χ1n) is 8.74. The maximum absolute atomic E-state index is 6.05. The summed E-state index contributed by atoms with van der Waals surface area (Å²) >= 11 is 7.68. The summed E-state index contributed by atoms with van der Waals surface area (Å²) in [6.07, 6.45) is 2.07. The van der Waals surface area contributed by atoms with Crippen LogP contribution in [0, 0.1) is 0 Å². The molecular formula is C21H20ClN3OS. The number of nitrogens with one attached hydrogen (secondary N) is 1. The van der Waals surface area contributed by atoms with E-state index in [0.717, 1.165) is 38.2 Å². The largest absolute Gasteiger partial charge is 0.496 e. The van der Waals surface area contributed by atoms with Crippen LogP contribution in [-0.2, 0) is 6.54 Å². The molecule has 0 amide bonds. The zero-order valence-electron chi connectivity index (χ0n) is 15.1. The minimum atomic E-state index is 0.142. The number of para-hydroxylation sites is 1. The van der Waals surface area contributed by atoms with Gasteiger partial charge >= 0.3 is 0 Å². The van der Waals surface area contributed by atoms with E-state index in [1.165, 1.54) is 0 Å². The molecule has 4 aromatic rings. The third-order valence-corrected chi connectivity index (χ3v) is 5.67. The fraction of sp³-hybridized carbons (Fsp3) is 0.190. The number of hydrogen-bond donors (Lipinski definition) is 1. The number of imidazole rings is 1. The Morgan fingerprint density at radius 2 is 1.96 bits per heavy atom. The Kier molecular flexibility index (Phi) is 5.16. The lowest BCUT2D eigenvalue weighted by atomic mass is 10.1. The molecule has 0 saturated heterocycles. The number of hydrogen-bond acceptors (Lipinski definition) is 4. The summed E-state index contributed by atoms with van der Waals surface area (Å²) < 4.78 is 7.65. The maximum Gasteiger partial charge on any atom is 0.194 e. The van der Waals surface area contributed by atoms with E-state index in [2.05, 4.69) is 34.3 Å². The van der Waals surface area contributed by atoms with Crippen LogP contribution in [0.5, 0.6) is 5.75 Å². The second-order valence-corrected chi connectivity index (χ2v) is 7.62. The number of benzene rings is 2. The zero-order chi connectivity index (χ0) is 18.8. The molecule has 0 aliphatic carbocycles. The summed E-state index contributed by atoms with van der Waals surface area (Å²) in [6.45, 7) is 2.83. The van der Waals surface area contributed by atoms with Crippen molar-refractivity contribution in [3.63, 3.8) is 0 Å². The van der Waals surface area contributed by atoms with Gasteiger partial charge in [-0.2, -0.15) is 0 Å². The quantitative estimate of drug-likeness (QED) is 0.461. The molecule has 2 aromatic carbocycles. The van der Waals surface area contributed by atoms with Crippen LogP contribution in [0.15, 0.2) is 60.1 Å². The van der Waals surface area contributed by atoms with Gasteiger partial charge < -0.3 is 10.1 Å². The van der Waals surface area contributed by atoms with Gasteiger partial charge in [0, 0.05) is 40.3 Å². The van der Waals surface area contributed by atoms with Crippen LogP contribution in [0.3, 0.4) is 0 Å². The van der Waals surface area contributed by atoms with Crippen LogP contribution in [0.25, 0.3) is 16.2 Å². The SMILES string of the molecule is COc1ccccc1[C@@H](C)NCc1c(-c2ccc(Cl)cc2)nc2sccn12.